The number of rotatable bonds is 6. The van der Waals surface area contributed by atoms with Crippen LogP contribution >= 0.6 is 0 Å². The predicted molar refractivity (Wildman–Crippen MR) is 101 cm³/mol. The van der Waals surface area contributed by atoms with E-state index < -0.39 is 10.0 Å². The van der Waals surface area contributed by atoms with E-state index in [0.29, 0.717) is 17.0 Å². The van der Waals surface area contributed by atoms with Crippen LogP contribution in [0.3, 0.4) is 0 Å². The van der Waals surface area contributed by atoms with E-state index in [0.717, 1.165) is 10.8 Å². The van der Waals surface area contributed by atoms with Crippen LogP contribution in [0.2, 0.25) is 0 Å². The molecule has 3 N–H and O–H groups in total. The molecular weight excluding hydrogens is 352 g/mol. The predicted octanol–water partition coefficient (Wildman–Crippen LogP) is 2.65. The topological polar surface area (TPSA) is 98.5 Å². The number of carbonyl (C=O) groups excluding carboxylic acids is 1. The van der Waals surface area contributed by atoms with Crippen LogP contribution in [0.25, 0.3) is 10.8 Å². The van der Waals surface area contributed by atoms with Crippen molar-refractivity contribution in [1.29, 1.82) is 0 Å². The number of hydrogen-bond acceptors (Lipinski definition) is 4. The highest BCUT2D eigenvalue weighted by molar-refractivity contribution is 7.88. The van der Waals surface area contributed by atoms with Crippen LogP contribution in [0, 0.1) is 0 Å². The molecule has 3 rings (SSSR count). The molecule has 0 bridgehead atoms. The minimum atomic E-state index is -3.58. The summed E-state index contributed by atoms with van der Waals surface area (Å²) in [6, 6.07) is 20.0. The first-order valence-corrected chi connectivity index (χ1v) is 9.61. The molecule has 3 aromatic carbocycles. The highest BCUT2D eigenvalue weighted by Gasteiger charge is 2.07. The Morgan fingerprint density at radius 3 is 2.35 bits per heavy atom. The van der Waals surface area contributed by atoms with Gasteiger partial charge in [-0.1, -0.05) is 42.5 Å². The third kappa shape index (κ3) is 5.05. The Morgan fingerprint density at radius 2 is 1.65 bits per heavy atom. The summed E-state index contributed by atoms with van der Waals surface area (Å²) in [5.41, 5.74) is 1.10. The Kier molecular flexibility index (Phi) is 5.20. The summed E-state index contributed by atoms with van der Waals surface area (Å²) in [6.07, 6.45) is 0. The zero-order chi connectivity index (χ0) is 18.6. The number of fused-ring (bicyclic) bond motifs is 1. The second kappa shape index (κ2) is 7.55. The monoisotopic (exact) mass is 370 g/mol. The molecule has 0 aliphatic rings. The first-order chi connectivity index (χ1) is 12.4. The smallest absolute Gasteiger partial charge is 0.262 e. The zero-order valence-corrected chi connectivity index (χ0v) is 14.7. The van der Waals surface area contributed by atoms with Crippen molar-refractivity contribution in [3.8, 4) is 5.75 Å². The van der Waals surface area contributed by atoms with Crippen LogP contribution in [0.15, 0.2) is 66.7 Å². The van der Waals surface area contributed by atoms with Gasteiger partial charge in [0, 0.05) is 5.69 Å². The van der Waals surface area contributed by atoms with Gasteiger partial charge >= 0.3 is 0 Å². The molecule has 26 heavy (non-hydrogen) atoms. The van der Waals surface area contributed by atoms with Gasteiger partial charge in [0.15, 0.2) is 6.61 Å². The van der Waals surface area contributed by atoms with Crippen LogP contribution in [-0.4, -0.2) is 20.9 Å². The van der Waals surface area contributed by atoms with Crippen LogP contribution in [0.4, 0.5) is 5.69 Å². The maximum absolute atomic E-state index is 12.0. The fourth-order valence-corrected chi connectivity index (χ4v) is 3.18. The zero-order valence-electron chi connectivity index (χ0n) is 13.9. The summed E-state index contributed by atoms with van der Waals surface area (Å²) in [6.45, 7) is -0.128. The number of nitrogens with two attached hydrogens (primary N) is 1. The average Bonchev–Trinajstić information content (AvgIpc) is 2.60. The van der Waals surface area contributed by atoms with E-state index in [1.165, 1.54) is 0 Å². The van der Waals surface area contributed by atoms with E-state index >= 15 is 0 Å². The third-order valence-corrected chi connectivity index (χ3v) is 4.43. The molecule has 3 aromatic rings. The maximum atomic E-state index is 12.0. The molecule has 6 nitrogen and oxygen atoms in total. The first-order valence-electron chi connectivity index (χ1n) is 7.90. The van der Waals surface area contributed by atoms with Crippen molar-refractivity contribution in [3.63, 3.8) is 0 Å². The molecule has 1 amide bonds. The van der Waals surface area contributed by atoms with Crippen molar-refractivity contribution < 1.29 is 17.9 Å². The van der Waals surface area contributed by atoms with Crippen molar-refractivity contribution in [3.05, 3.63) is 72.3 Å². The Morgan fingerprint density at radius 1 is 0.962 bits per heavy atom. The number of primary sulfonamides is 1. The van der Waals surface area contributed by atoms with Crippen molar-refractivity contribution in [2.75, 3.05) is 11.9 Å². The summed E-state index contributed by atoms with van der Waals surface area (Å²) in [5.74, 6) is 0.0615. The van der Waals surface area contributed by atoms with Gasteiger partial charge in [0.05, 0.1) is 5.75 Å². The molecule has 0 heterocycles. The van der Waals surface area contributed by atoms with E-state index in [4.69, 9.17) is 9.88 Å². The Balaban J connectivity index is 1.56. The standard InChI is InChI=1S/C19H18N2O4S/c20-26(23,24)13-14-5-8-17(9-6-14)21-19(22)12-25-18-10-7-15-3-1-2-4-16(15)11-18/h1-11H,12-13H2,(H,21,22)(H2,20,23,24). The quantitative estimate of drug-likeness (QED) is 0.697. The number of amides is 1. The van der Waals surface area contributed by atoms with Crippen molar-refractivity contribution in [2.45, 2.75) is 5.75 Å². The van der Waals surface area contributed by atoms with Crippen LogP contribution in [-0.2, 0) is 20.6 Å². The highest BCUT2D eigenvalue weighted by atomic mass is 32.2. The van der Waals surface area contributed by atoms with Gasteiger partial charge < -0.3 is 10.1 Å². The van der Waals surface area contributed by atoms with Crippen molar-refractivity contribution >= 4 is 32.4 Å². The number of ether oxygens (including phenoxy) is 1. The van der Waals surface area contributed by atoms with Gasteiger partial charge in [0.25, 0.3) is 5.91 Å². The number of sulfonamides is 1. The fraction of sp³-hybridized carbons (Fsp3) is 0.105. The molecule has 134 valence electrons. The Hall–Kier alpha value is -2.90. The molecule has 0 saturated heterocycles. The normalized spacial score (nSPS) is 11.3. The summed E-state index contributed by atoms with van der Waals surface area (Å²) >= 11 is 0. The SMILES string of the molecule is NS(=O)(=O)Cc1ccc(NC(=O)COc2ccc3ccccc3c2)cc1. The van der Waals surface area contributed by atoms with Gasteiger partial charge in [-0.2, -0.15) is 0 Å². The van der Waals surface area contributed by atoms with Crippen molar-refractivity contribution in [2.24, 2.45) is 5.14 Å². The number of anilines is 1. The van der Waals surface area contributed by atoms with Crippen LogP contribution in [0.5, 0.6) is 5.75 Å². The van der Waals surface area contributed by atoms with E-state index in [1.54, 1.807) is 24.3 Å². The first kappa shape index (κ1) is 17.9. The number of carbonyl (C=O) groups is 1. The lowest BCUT2D eigenvalue weighted by molar-refractivity contribution is -0.118. The minimum Gasteiger partial charge on any atom is -0.484 e. The van der Waals surface area contributed by atoms with E-state index in [2.05, 4.69) is 5.32 Å². The number of nitrogens with one attached hydrogen (secondary N) is 1. The van der Waals surface area contributed by atoms with Crippen LogP contribution in [0.1, 0.15) is 5.56 Å². The molecule has 0 unspecified atom stereocenters. The molecule has 7 heteroatoms. The van der Waals surface area contributed by atoms with Gasteiger partial charge in [-0.05, 0) is 40.6 Å². The third-order valence-electron chi connectivity index (χ3n) is 3.70. The largest absolute Gasteiger partial charge is 0.484 e. The van der Waals surface area contributed by atoms with Gasteiger partial charge in [0.2, 0.25) is 10.0 Å². The minimum absolute atomic E-state index is 0.128. The van der Waals surface area contributed by atoms with Crippen LogP contribution < -0.4 is 15.2 Å². The summed E-state index contributed by atoms with van der Waals surface area (Å²) < 4.78 is 27.6. The molecule has 0 fully saturated rings. The molecule has 0 saturated carbocycles. The lowest BCUT2D eigenvalue weighted by Gasteiger charge is -2.09. The average molecular weight is 370 g/mol. The van der Waals surface area contributed by atoms with E-state index in [-0.39, 0.29) is 18.3 Å². The van der Waals surface area contributed by atoms with Gasteiger partial charge in [0.1, 0.15) is 5.75 Å². The molecule has 0 atom stereocenters. The maximum Gasteiger partial charge on any atom is 0.262 e. The van der Waals surface area contributed by atoms with E-state index in [1.807, 2.05) is 42.5 Å². The van der Waals surface area contributed by atoms with Crippen molar-refractivity contribution in [1.82, 2.24) is 0 Å². The summed E-state index contributed by atoms with van der Waals surface area (Å²) in [4.78, 5) is 12.0. The second-order valence-corrected chi connectivity index (χ2v) is 7.46. The number of hydrogen-bond donors (Lipinski definition) is 2. The van der Waals surface area contributed by atoms with Gasteiger partial charge in [-0.15, -0.1) is 0 Å². The Labute approximate surface area is 151 Å². The second-order valence-electron chi connectivity index (χ2n) is 5.85. The van der Waals surface area contributed by atoms with Gasteiger partial charge in [-0.25, -0.2) is 13.6 Å². The fourth-order valence-electron chi connectivity index (χ4n) is 2.52. The lowest BCUT2D eigenvalue weighted by Crippen LogP contribution is -2.20. The summed E-state index contributed by atoms with van der Waals surface area (Å²) in [7, 11) is -3.58. The summed E-state index contributed by atoms with van der Waals surface area (Å²) in [5, 5.41) is 9.84. The van der Waals surface area contributed by atoms with E-state index in [9.17, 15) is 13.2 Å². The Bertz CT molecular complexity index is 1030. The van der Waals surface area contributed by atoms with Gasteiger partial charge in [-0.3, -0.25) is 4.79 Å². The lowest BCUT2D eigenvalue weighted by atomic mass is 10.1. The molecule has 0 spiro atoms. The molecule has 0 aromatic heterocycles. The molecule has 0 aliphatic heterocycles. The molecule has 0 radical (unpaired) electrons. The molecular formula is C19H18N2O4S. The molecule has 0 aliphatic carbocycles. The number of benzene rings is 3. The highest BCUT2D eigenvalue weighted by Crippen LogP contribution is 2.20.